The molecule has 96 valence electrons. The molecule has 1 aliphatic carbocycles. The van der Waals surface area contributed by atoms with Crippen LogP contribution >= 0.6 is 23.2 Å². The lowest BCUT2D eigenvalue weighted by molar-refractivity contribution is -0.137. The highest BCUT2D eigenvalue weighted by Crippen LogP contribution is 2.59. The predicted octanol–water partition coefficient (Wildman–Crippen LogP) is 2.37. The molecule has 2 rings (SSSR count). The van der Waals surface area contributed by atoms with Crippen LogP contribution in [0.15, 0.2) is 0 Å². The Morgan fingerprint density at radius 2 is 2.00 bits per heavy atom. The van der Waals surface area contributed by atoms with Crippen molar-refractivity contribution in [1.82, 2.24) is 4.90 Å². The number of piperidine rings is 1. The van der Waals surface area contributed by atoms with E-state index >= 15 is 0 Å². The number of carbonyl (C=O) groups is 2. The van der Waals surface area contributed by atoms with E-state index in [4.69, 9.17) is 27.9 Å². The molecule has 2 aliphatic rings. The summed E-state index contributed by atoms with van der Waals surface area (Å²) in [5, 5.41) is 0. The number of halogens is 2. The van der Waals surface area contributed by atoms with Gasteiger partial charge in [0.1, 0.15) is 0 Å². The van der Waals surface area contributed by atoms with E-state index in [2.05, 4.69) is 0 Å². The van der Waals surface area contributed by atoms with E-state index in [1.165, 1.54) is 0 Å². The van der Waals surface area contributed by atoms with E-state index in [0.29, 0.717) is 39.0 Å². The molecule has 0 bridgehead atoms. The molecule has 0 radical (unpaired) electrons. The van der Waals surface area contributed by atoms with Gasteiger partial charge in [-0.1, -0.05) is 23.2 Å². The minimum atomic E-state index is -1.26. The molecule has 1 spiro atoms. The van der Waals surface area contributed by atoms with Crippen molar-refractivity contribution in [2.45, 2.75) is 30.5 Å². The molecule has 1 amide bonds. The molecule has 6 heteroatoms. The van der Waals surface area contributed by atoms with Crippen LogP contribution in [0.25, 0.3) is 0 Å². The second kappa shape index (κ2) is 4.32. The molecule has 1 heterocycles. The third kappa shape index (κ3) is 1.91. The molecule has 2 fully saturated rings. The summed E-state index contributed by atoms with van der Waals surface area (Å²) in [4.78, 5) is 24.5. The van der Waals surface area contributed by atoms with E-state index in [0.717, 1.165) is 0 Å². The van der Waals surface area contributed by atoms with E-state index in [1.54, 1.807) is 11.8 Å². The van der Waals surface area contributed by atoms with Crippen molar-refractivity contribution in [1.29, 1.82) is 0 Å². The summed E-state index contributed by atoms with van der Waals surface area (Å²) in [6.07, 6.45) is 1.44. The average Bonchev–Trinajstić information content (AvgIpc) is 2.30. The fraction of sp³-hybridized carbons (Fsp3) is 0.818. The van der Waals surface area contributed by atoms with E-state index in [-0.39, 0.29) is 17.3 Å². The molecule has 1 saturated heterocycles. The van der Waals surface area contributed by atoms with Gasteiger partial charge in [0.15, 0.2) is 10.1 Å². The highest BCUT2D eigenvalue weighted by molar-refractivity contribution is 6.61. The first kappa shape index (κ1) is 13.0. The van der Waals surface area contributed by atoms with Crippen LogP contribution in [0, 0.1) is 5.41 Å². The van der Waals surface area contributed by atoms with Gasteiger partial charge in [-0.3, -0.25) is 4.79 Å². The Bertz CT molecular complexity index is 349. The number of hydrogen-bond acceptors (Lipinski definition) is 3. The SMILES string of the molecule is CCOC(=O)N1CCC2(CC1)CC(=O)C2(Cl)Cl. The van der Waals surface area contributed by atoms with E-state index < -0.39 is 4.33 Å². The number of hydrogen-bond donors (Lipinski definition) is 0. The van der Waals surface area contributed by atoms with E-state index in [9.17, 15) is 9.59 Å². The first-order valence-electron chi connectivity index (χ1n) is 5.76. The number of Topliss-reactive ketones (excluding diaryl/α,β-unsaturated/α-hetero) is 1. The molecule has 0 N–H and O–H groups in total. The number of likely N-dealkylation sites (tertiary alicyclic amines) is 1. The van der Waals surface area contributed by atoms with Crippen LogP contribution in [-0.4, -0.2) is 40.8 Å². The standard InChI is InChI=1S/C11H15Cl2NO3/c1-2-17-9(16)14-5-3-10(4-6-14)7-8(15)11(10,12)13/h2-7H2,1H3. The molecule has 0 aromatic heterocycles. The third-order valence-corrected chi connectivity index (χ3v) is 4.99. The Morgan fingerprint density at radius 3 is 2.41 bits per heavy atom. The lowest BCUT2D eigenvalue weighted by Gasteiger charge is -2.54. The normalized spacial score (nSPS) is 25.6. The maximum absolute atomic E-state index is 11.5. The molecule has 1 aliphatic heterocycles. The van der Waals surface area contributed by atoms with Crippen LogP contribution in [0.4, 0.5) is 4.79 Å². The van der Waals surface area contributed by atoms with Crippen molar-refractivity contribution in [3.63, 3.8) is 0 Å². The van der Waals surface area contributed by atoms with Crippen molar-refractivity contribution in [2.75, 3.05) is 19.7 Å². The van der Waals surface area contributed by atoms with Crippen molar-refractivity contribution in [3.05, 3.63) is 0 Å². The molecule has 1 saturated carbocycles. The summed E-state index contributed by atoms with van der Waals surface area (Å²) >= 11 is 12.1. The predicted molar refractivity (Wildman–Crippen MR) is 64.3 cm³/mol. The minimum Gasteiger partial charge on any atom is -0.450 e. The fourth-order valence-electron chi connectivity index (χ4n) is 2.54. The zero-order valence-electron chi connectivity index (χ0n) is 9.67. The molecule has 0 unspecified atom stereocenters. The Hall–Kier alpha value is -0.480. The highest BCUT2D eigenvalue weighted by Gasteiger charge is 2.64. The summed E-state index contributed by atoms with van der Waals surface area (Å²) in [6.45, 7) is 3.24. The van der Waals surface area contributed by atoms with Gasteiger partial charge in [0.25, 0.3) is 0 Å². The minimum absolute atomic E-state index is 0.106. The van der Waals surface area contributed by atoms with Crippen molar-refractivity contribution >= 4 is 35.1 Å². The van der Waals surface area contributed by atoms with Gasteiger partial charge in [-0.2, -0.15) is 0 Å². The average molecular weight is 280 g/mol. The van der Waals surface area contributed by atoms with Gasteiger partial charge in [0, 0.05) is 24.9 Å². The van der Waals surface area contributed by atoms with Crippen LogP contribution in [0.3, 0.4) is 0 Å². The molecule has 0 aromatic carbocycles. The highest BCUT2D eigenvalue weighted by atomic mass is 35.5. The lowest BCUT2D eigenvalue weighted by atomic mass is 9.61. The molecule has 0 atom stereocenters. The zero-order valence-corrected chi connectivity index (χ0v) is 11.2. The topological polar surface area (TPSA) is 46.6 Å². The van der Waals surface area contributed by atoms with Gasteiger partial charge < -0.3 is 9.64 Å². The monoisotopic (exact) mass is 279 g/mol. The van der Waals surface area contributed by atoms with Crippen molar-refractivity contribution in [2.24, 2.45) is 5.41 Å². The summed E-state index contributed by atoms with van der Waals surface area (Å²) in [5.41, 5.74) is -0.337. The first-order chi connectivity index (χ1) is 7.93. The quantitative estimate of drug-likeness (QED) is 0.693. The van der Waals surface area contributed by atoms with Crippen LogP contribution in [0.5, 0.6) is 0 Å². The van der Waals surface area contributed by atoms with Gasteiger partial charge in [-0.25, -0.2) is 4.79 Å². The van der Waals surface area contributed by atoms with Gasteiger partial charge >= 0.3 is 6.09 Å². The summed E-state index contributed by atoms with van der Waals surface area (Å²) < 4.78 is 3.67. The third-order valence-electron chi connectivity index (χ3n) is 3.76. The van der Waals surface area contributed by atoms with Gasteiger partial charge in [0.2, 0.25) is 0 Å². The molecule has 17 heavy (non-hydrogen) atoms. The van der Waals surface area contributed by atoms with Crippen LogP contribution in [0.1, 0.15) is 26.2 Å². The largest absolute Gasteiger partial charge is 0.450 e. The van der Waals surface area contributed by atoms with Crippen LogP contribution in [-0.2, 0) is 9.53 Å². The fourth-order valence-corrected chi connectivity index (χ4v) is 3.19. The number of carbonyl (C=O) groups excluding carboxylic acids is 2. The first-order valence-corrected chi connectivity index (χ1v) is 6.51. The van der Waals surface area contributed by atoms with Crippen LogP contribution in [0.2, 0.25) is 0 Å². The Balaban J connectivity index is 1.95. The number of nitrogens with zero attached hydrogens (tertiary/aromatic N) is 1. The van der Waals surface area contributed by atoms with Crippen LogP contribution < -0.4 is 0 Å². The summed E-state index contributed by atoms with van der Waals surface area (Å²) in [5.74, 6) is -0.106. The van der Waals surface area contributed by atoms with E-state index in [1.807, 2.05) is 0 Å². The Kier molecular flexibility index (Phi) is 3.29. The number of rotatable bonds is 1. The smallest absolute Gasteiger partial charge is 0.409 e. The van der Waals surface area contributed by atoms with Gasteiger partial charge in [-0.15, -0.1) is 0 Å². The molecule has 0 aromatic rings. The second-order valence-corrected chi connectivity index (χ2v) is 5.97. The molecule has 4 nitrogen and oxygen atoms in total. The summed E-state index contributed by atoms with van der Waals surface area (Å²) in [7, 11) is 0. The second-order valence-electron chi connectivity index (χ2n) is 4.64. The van der Waals surface area contributed by atoms with Crippen molar-refractivity contribution < 1.29 is 14.3 Å². The maximum atomic E-state index is 11.5. The number of alkyl halides is 2. The zero-order chi connectivity index (χ0) is 12.7. The number of ketones is 1. The Morgan fingerprint density at radius 1 is 1.41 bits per heavy atom. The molecular weight excluding hydrogens is 265 g/mol. The van der Waals surface area contributed by atoms with Gasteiger partial charge in [0.05, 0.1) is 6.61 Å². The number of ether oxygens (including phenoxy) is 1. The lowest BCUT2D eigenvalue weighted by Crippen LogP contribution is -2.62. The van der Waals surface area contributed by atoms with Crippen molar-refractivity contribution in [3.8, 4) is 0 Å². The summed E-state index contributed by atoms with van der Waals surface area (Å²) in [6, 6.07) is 0. The maximum Gasteiger partial charge on any atom is 0.409 e. The molecular formula is C11H15Cl2NO3. The Labute approximate surface area is 110 Å². The van der Waals surface area contributed by atoms with Gasteiger partial charge in [-0.05, 0) is 19.8 Å². The number of amides is 1.